The molecule has 6 heteroatoms. The quantitative estimate of drug-likeness (QED) is 0.516. The Morgan fingerprint density at radius 1 is 1.10 bits per heavy atom. The van der Waals surface area contributed by atoms with Crippen molar-refractivity contribution in [3.63, 3.8) is 0 Å². The van der Waals surface area contributed by atoms with E-state index < -0.39 is 0 Å². The number of carbonyl (C=O) groups excluding carboxylic acids is 1. The number of nitrogens with one attached hydrogen (secondary N) is 1. The second-order valence-electron chi connectivity index (χ2n) is 8.36. The van der Waals surface area contributed by atoms with Gasteiger partial charge in [0.15, 0.2) is 0 Å². The molecule has 2 heterocycles. The normalized spacial score (nSPS) is 11.2. The fraction of sp³-hybridized carbons (Fsp3) is 0.360. The van der Waals surface area contributed by atoms with E-state index in [0.717, 1.165) is 40.1 Å². The first-order chi connectivity index (χ1) is 14.7. The maximum absolute atomic E-state index is 13.1. The molecule has 0 saturated heterocycles. The van der Waals surface area contributed by atoms with Crippen LogP contribution in [0.3, 0.4) is 0 Å². The van der Waals surface area contributed by atoms with Gasteiger partial charge in [-0.2, -0.15) is 0 Å². The Morgan fingerprint density at radius 2 is 1.77 bits per heavy atom. The van der Waals surface area contributed by atoms with Crippen LogP contribution in [0, 0.1) is 26.7 Å². The fourth-order valence-corrected chi connectivity index (χ4v) is 3.89. The molecule has 164 valence electrons. The standard InChI is InChI=1S/C25H32N4O2/c1-14(2)10-22-21(13-27)23(19-8-6-18(12-26)7-9-19)24(16(4)28-22)29-25(30)20-11-15(3)31-17(20)5/h6-9,11,14H,10,12-13,26-27H2,1-5H3,(H,29,30). The SMILES string of the molecule is Cc1cc(C(=O)Nc2c(C)nc(CC(C)C)c(CN)c2-c2ccc(CN)cc2)c(C)o1. The van der Waals surface area contributed by atoms with Gasteiger partial charge in [0.25, 0.3) is 5.91 Å². The lowest BCUT2D eigenvalue weighted by atomic mass is 9.92. The molecule has 0 radical (unpaired) electrons. The number of hydrogen-bond acceptors (Lipinski definition) is 5. The summed E-state index contributed by atoms with van der Waals surface area (Å²) in [6, 6.07) is 9.81. The van der Waals surface area contributed by atoms with Crippen LogP contribution in [0.5, 0.6) is 0 Å². The van der Waals surface area contributed by atoms with E-state index in [1.165, 1.54) is 0 Å². The molecule has 0 bridgehead atoms. The van der Waals surface area contributed by atoms with Gasteiger partial charge in [0, 0.05) is 24.3 Å². The van der Waals surface area contributed by atoms with E-state index in [4.69, 9.17) is 20.9 Å². The maximum atomic E-state index is 13.1. The summed E-state index contributed by atoms with van der Waals surface area (Å²) in [4.78, 5) is 17.9. The maximum Gasteiger partial charge on any atom is 0.259 e. The zero-order valence-electron chi connectivity index (χ0n) is 19.0. The molecule has 0 aliphatic rings. The molecule has 0 saturated carbocycles. The number of anilines is 1. The van der Waals surface area contributed by atoms with Gasteiger partial charge in [0.1, 0.15) is 11.5 Å². The average Bonchev–Trinajstić information content (AvgIpc) is 3.07. The fourth-order valence-electron chi connectivity index (χ4n) is 3.89. The Morgan fingerprint density at radius 3 is 2.29 bits per heavy atom. The van der Waals surface area contributed by atoms with Crippen LogP contribution in [0.15, 0.2) is 34.7 Å². The van der Waals surface area contributed by atoms with Crippen LogP contribution in [0.2, 0.25) is 0 Å². The Balaban J connectivity index is 2.18. The van der Waals surface area contributed by atoms with Crippen LogP contribution in [-0.4, -0.2) is 10.9 Å². The molecule has 0 atom stereocenters. The molecular formula is C25H32N4O2. The molecule has 1 aromatic carbocycles. The van der Waals surface area contributed by atoms with E-state index in [-0.39, 0.29) is 5.91 Å². The summed E-state index contributed by atoms with van der Waals surface area (Å²) < 4.78 is 5.54. The third-order valence-corrected chi connectivity index (χ3v) is 5.37. The number of aromatic nitrogens is 1. The Kier molecular flexibility index (Phi) is 6.93. The molecule has 31 heavy (non-hydrogen) atoms. The first kappa shape index (κ1) is 22.7. The summed E-state index contributed by atoms with van der Waals surface area (Å²) in [5, 5.41) is 3.09. The number of aryl methyl sites for hydroxylation is 3. The molecule has 0 spiro atoms. The summed E-state index contributed by atoms with van der Waals surface area (Å²) in [6.45, 7) is 10.7. The van der Waals surface area contributed by atoms with Gasteiger partial charge in [0.05, 0.1) is 16.9 Å². The first-order valence-electron chi connectivity index (χ1n) is 10.6. The number of furan rings is 1. The monoisotopic (exact) mass is 420 g/mol. The van der Waals surface area contributed by atoms with Gasteiger partial charge in [-0.25, -0.2) is 0 Å². The molecule has 6 nitrogen and oxygen atoms in total. The van der Waals surface area contributed by atoms with Crippen LogP contribution in [0.1, 0.15) is 58.2 Å². The molecule has 3 rings (SSSR count). The lowest BCUT2D eigenvalue weighted by molar-refractivity contribution is 0.102. The van der Waals surface area contributed by atoms with Crippen LogP contribution in [0.25, 0.3) is 11.1 Å². The largest absolute Gasteiger partial charge is 0.466 e. The minimum atomic E-state index is -0.223. The van der Waals surface area contributed by atoms with Crippen molar-refractivity contribution >= 4 is 11.6 Å². The minimum Gasteiger partial charge on any atom is -0.466 e. The van der Waals surface area contributed by atoms with Gasteiger partial charge >= 0.3 is 0 Å². The minimum absolute atomic E-state index is 0.223. The van der Waals surface area contributed by atoms with Crippen LogP contribution in [0.4, 0.5) is 5.69 Å². The highest BCUT2D eigenvalue weighted by Gasteiger charge is 2.22. The number of hydrogen-bond donors (Lipinski definition) is 3. The van der Waals surface area contributed by atoms with E-state index >= 15 is 0 Å². The smallest absolute Gasteiger partial charge is 0.259 e. The van der Waals surface area contributed by atoms with Crippen molar-refractivity contribution in [2.24, 2.45) is 17.4 Å². The summed E-state index contributed by atoms with van der Waals surface area (Å²) in [5.74, 6) is 1.50. The summed E-state index contributed by atoms with van der Waals surface area (Å²) in [6.07, 6.45) is 0.815. The number of nitrogens with zero attached hydrogens (tertiary/aromatic N) is 1. The average molecular weight is 421 g/mol. The van der Waals surface area contributed by atoms with Crippen LogP contribution < -0.4 is 16.8 Å². The third-order valence-electron chi connectivity index (χ3n) is 5.37. The number of rotatable bonds is 7. The molecular weight excluding hydrogens is 388 g/mol. The Bertz CT molecular complexity index is 1080. The zero-order chi connectivity index (χ0) is 22.7. The van der Waals surface area contributed by atoms with Gasteiger partial charge in [-0.1, -0.05) is 38.1 Å². The summed E-state index contributed by atoms with van der Waals surface area (Å²) in [7, 11) is 0. The topological polar surface area (TPSA) is 107 Å². The van der Waals surface area contributed by atoms with Gasteiger partial charge in [-0.15, -0.1) is 0 Å². The van der Waals surface area contributed by atoms with Gasteiger partial charge in [-0.3, -0.25) is 9.78 Å². The molecule has 0 aliphatic carbocycles. The van der Waals surface area contributed by atoms with E-state index in [1.807, 2.05) is 38.1 Å². The number of pyridine rings is 1. The molecule has 1 amide bonds. The number of nitrogens with two attached hydrogens (primary N) is 2. The molecule has 0 fully saturated rings. The zero-order valence-corrected chi connectivity index (χ0v) is 19.0. The van der Waals surface area contributed by atoms with Crippen LogP contribution in [-0.2, 0) is 19.5 Å². The number of carbonyl (C=O) groups is 1. The van der Waals surface area contributed by atoms with Gasteiger partial charge < -0.3 is 21.2 Å². The van der Waals surface area contributed by atoms with Crippen molar-refractivity contribution in [3.8, 4) is 11.1 Å². The lowest BCUT2D eigenvalue weighted by Gasteiger charge is -2.21. The van der Waals surface area contributed by atoms with Crippen molar-refractivity contribution in [1.29, 1.82) is 0 Å². The summed E-state index contributed by atoms with van der Waals surface area (Å²) in [5.41, 5.74) is 18.8. The van der Waals surface area contributed by atoms with E-state index in [2.05, 4.69) is 19.2 Å². The highest BCUT2D eigenvalue weighted by molar-refractivity contribution is 6.07. The van der Waals surface area contributed by atoms with Crippen molar-refractivity contribution in [3.05, 3.63) is 69.9 Å². The van der Waals surface area contributed by atoms with E-state index in [1.54, 1.807) is 13.0 Å². The van der Waals surface area contributed by atoms with E-state index in [9.17, 15) is 4.79 Å². The molecule has 3 aromatic rings. The number of amides is 1. The third kappa shape index (κ3) is 4.86. The van der Waals surface area contributed by atoms with Crippen molar-refractivity contribution in [2.45, 2.75) is 54.1 Å². The van der Waals surface area contributed by atoms with Crippen molar-refractivity contribution in [1.82, 2.24) is 4.98 Å². The second kappa shape index (κ2) is 9.45. The van der Waals surface area contributed by atoms with Gasteiger partial charge in [-0.05, 0) is 55.9 Å². The molecule has 0 aliphatic heterocycles. The predicted molar refractivity (Wildman–Crippen MR) is 125 cm³/mol. The van der Waals surface area contributed by atoms with E-state index in [0.29, 0.717) is 41.8 Å². The van der Waals surface area contributed by atoms with Crippen molar-refractivity contribution in [2.75, 3.05) is 5.32 Å². The van der Waals surface area contributed by atoms with Crippen molar-refractivity contribution < 1.29 is 9.21 Å². The van der Waals surface area contributed by atoms with Gasteiger partial charge in [0.2, 0.25) is 0 Å². The number of benzene rings is 1. The highest BCUT2D eigenvalue weighted by atomic mass is 16.3. The molecule has 2 aromatic heterocycles. The Hall–Kier alpha value is -2.96. The molecule has 0 unspecified atom stereocenters. The summed E-state index contributed by atoms with van der Waals surface area (Å²) >= 11 is 0. The Labute approximate surface area is 184 Å². The molecule has 5 N–H and O–H groups in total. The predicted octanol–water partition coefficient (Wildman–Crippen LogP) is 4.64. The first-order valence-corrected chi connectivity index (χ1v) is 10.6. The lowest BCUT2D eigenvalue weighted by Crippen LogP contribution is -2.18. The second-order valence-corrected chi connectivity index (χ2v) is 8.36. The highest BCUT2D eigenvalue weighted by Crippen LogP contribution is 2.36. The van der Waals surface area contributed by atoms with Crippen LogP contribution >= 0.6 is 0 Å².